The fourth-order valence-corrected chi connectivity index (χ4v) is 4.21. The second-order valence-corrected chi connectivity index (χ2v) is 8.60. The van der Waals surface area contributed by atoms with Gasteiger partial charge in [-0.25, -0.2) is 14.4 Å². The van der Waals surface area contributed by atoms with Crippen LogP contribution in [0.1, 0.15) is 41.9 Å². The van der Waals surface area contributed by atoms with Crippen LogP contribution in [0.25, 0.3) is 10.9 Å². The standard InChI is InChI=1S/C26H30FN3O4/c1-3-34-24-12-17(7-9-28-24)11-19-13-22(30-25-20(19)5-4-6-21(25)27)26(32)16(2)29-14-18-8-10-33-15-23(18)31/h4-7,9,12-13,16,18,23,29,31H,3,8,10-11,14-15H2,1-2H3. The van der Waals surface area contributed by atoms with Gasteiger partial charge in [0.15, 0.2) is 5.78 Å². The summed E-state index contributed by atoms with van der Waals surface area (Å²) in [6.07, 6.45) is 2.33. The van der Waals surface area contributed by atoms with Gasteiger partial charge in [0.1, 0.15) is 17.0 Å². The van der Waals surface area contributed by atoms with E-state index in [1.165, 1.54) is 6.07 Å². The minimum atomic E-state index is -0.551. The number of Topliss-reactive ketones (excluding diaryl/α,β-unsaturated/α-hetero) is 1. The van der Waals surface area contributed by atoms with E-state index in [1.54, 1.807) is 25.3 Å². The van der Waals surface area contributed by atoms with Crippen LogP contribution in [0, 0.1) is 11.7 Å². The summed E-state index contributed by atoms with van der Waals surface area (Å²) in [6, 6.07) is 9.73. The van der Waals surface area contributed by atoms with Gasteiger partial charge in [0.05, 0.1) is 25.4 Å². The molecule has 4 rings (SSSR count). The van der Waals surface area contributed by atoms with Crippen LogP contribution in [0.5, 0.6) is 5.88 Å². The predicted octanol–water partition coefficient (Wildman–Crippen LogP) is 3.32. The lowest BCUT2D eigenvalue weighted by Crippen LogP contribution is -2.43. The summed E-state index contributed by atoms with van der Waals surface area (Å²) < 4.78 is 25.5. The highest BCUT2D eigenvalue weighted by molar-refractivity contribution is 6.00. The van der Waals surface area contributed by atoms with Crippen LogP contribution in [-0.2, 0) is 11.2 Å². The molecule has 1 aliphatic heterocycles. The molecule has 3 aromatic rings. The van der Waals surface area contributed by atoms with Crippen molar-refractivity contribution in [1.82, 2.24) is 15.3 Å². The maximum absolute atomic E-state index is 14.7. The number of benzene rings is 1. The minimum absolute atomic E-state index is 0.0211. The van der Waals surface area contributed by atoms with Gasteiger partial charge in [0.25, 0.3) is 0 Å². The molecule has 1 aromatic carbocycles. The van der Waals surface area contributed by atoms with Crippen LogP contribution in [0.2, 0.25) is 0 Å². The van der Waals surface area contributed by atoms with Gasteiger partial charge in [-0.3, -0.25) is 4.79 Å². The molecule has 34 heavy (non-hydrogen) atoms. The number of aromatic nitrogens is 2. The molecule has 0 spiro atoms. The van der Waals surface area contributed by atoms with Crippen molar-refractivity contribution in [2.45, 2.75) is 38.8 Å². The molecule has 180 valence electrons. The quantitative estimate of drug-likeness (QED) is 0.466. The molecular weight excluding hydrogens is 437 g/mol. The number of halogens is 1. The second-order valence-electron chi connectivity index (χ2n) is 8.60. The fourth-order valence-electron chi connectivity index (χ4n) is 4.21. The molecule has 0 saturated carbocycles. The lowest BCUT2D eigenvalue weighted by Gasteiger charge is -2.28. The molecule has 0 bridgehead atoms. The number of hydrogen-bond acceptors (Lipinski definition) is 7. The lowest BCUT2D eigenvalue weighted by molar-refractivity contribution is -0.0433. The summed E-state index contributed by atoms with van der Waals surface area (Å²) in [5.41, 5.74) is 2.12. The third-order valence-electron chi connectivity index (χ3n) is 6.16. The van der Waals surface area contributed by atoms with E-state index in [2.05, 4.69) is 15.3 Å². The SMILES string of the molecule is CCOc1cc(Cc2cc(C(=O)C(C)NCC3CCOCC3O)nc3c(F)cccc23)ccn1. The van der Waals surface area contributed by atoms with Crippen LogP contribution in [-0.4, -0.2) is 59.4 Å². The van der Waals surface area contributed by atoms with Crippen LogP contribution < -0.4 is 10.1 Å². The number of rotatable bonds is 9. The number of nitrogens with one attached hydrogen (secondary N) is 1. The van der Waals surface area contributed by atoms with E-state index in [4.69, 9.17) is 9.47 Å². The van der Waals surface area contributed by atoms with Gasteiger partial charge in [0, 0.05) is 36.7 Å². The zero-order valence-corrected chi connectivity index (χ0v) is 19.5. The Labute approximate surface area is 198 Å². The van der Waals surface area contributed by atoms with E-state index in [-0.39, 0.29) is 22.9 Å². The zero-order valence-electron chi connectivity index (χ0n) is 19.5. The van der Waals surface area contributed by atoms with Crippen molar-refractivity contribution in [3.05, 3.63) is 65.2 Å². The summed E-state index contributed by atoms with van der Waals surface area (Å²) in [5, 5.41) is 14.0. The topological polar surface area (TPSA) is 93.6 Å². The van der Waals surface area contributed by atoms with Crippen molar-refractivity contribution in [1.29, 1.82) is 0 Å². The van der Waals surface area contributed by atoms with Gasteiger partial charge < -0.3 is 19.9 Å². The highest BCUT2D eigenvalue weighted by Crippen LogP contribution is 2.25. The van der Waals surface area contributed by atoms with Crippen molar-refractivity contribution < 1.29 is 23.8 Å². The van der Waals surface area contributed by atoms with E-state index in [0.29, 0.717) is 44.1 Å². The molecule has 1 fully saturated rings. The normalized spacial score (nSPS) is 19.2. The lowest BCUT2D eigenvalue weighted by atomic mass is 9.96. The molecule has 7 nitrogen and oxygen atoms in total. The second kappa shape index (κ2) is 11.0. The number of carbonyl (C=O) groups is 1. The Morgan fingerprint density at radius 2 is 2.21 bits per heavy atom. The third kappa shape index (κ3) is 5.58. The van der Waals surface area contributed by atoms with Crippen molar-refractivity contribution >= 4 is 16.7 Å². The molecule has 1 aliphatic rings. The molecule has 8 heteroatoms. The molecule has 3 unspecified atom stereocenters. The van der Waals surface area contributed by atoms with Crippen molar-refractivity contribution in [3.63, 3.8) is 0 Å². The van der Waals surface area contributed by atoms with E-state index in [1.807, 2.05) is 25.1 Å². The van der Waals surface area contributed by atoms with Crippen LogP contribution >= 0.6 is 0 Å². The van der Waals surface area contributed by atoms with Gasteiger partial charge >= 0.3 is 0 Å². The number of fused-ring (bicyclic) bond motifs is 1. The first-order valence-electron chi connectivity index (χ1n) is 11.7. The summed E-state index contributed by atoms with van der Waals surface area (Å²) in [5.74, 6) is -0.150. The van der Waals surface area contributed by atoms with Crippen LogP contribution in [0.15, 0.2) is 42.6 Å². The number of nitrogens with zero attached hydrogens (tertiary/aromatic N) is 2. The highest BCUT2D eigenvalue weighted by Gasteiger charge is 2.26. The van der Waals surface area contributed by atoms with Crippen molar-refractivity contribution in [2.75, 3.05) is 26.4 Å². The monoisotopic (exact) mass is 467 g/mol. The molecule has 3 atom stereocenters. The molecule has 0 aliphatic carbocycles. The third-order valence-corrected chi connectivity index (χ3v) is 6.16. The Hall–Kier alpha value is -2.94. The number of carbonyl (C=O) groups excluding carboxylic acids is 1. The number of aliphatic hydroxyl groups is 1. The molecular formula is C26H30FN3O4. The van der Waals surface area contributed by atoms with E-state index in [9.17, 15) is 14.3 Å². The van der Waals surface area contributed by atoms with Gasteiger partial charge in [-0.05, 0) is 56.0 Å². The van der Waals surface area contributed by atoms with E-state index >= 15 is 0 Å². The number of pyridine rings is 2. The zero-order chi connectivity index (χ0) is 24.1. The Morgan fingerprint density at radius 1 is 1.35 bits per heavy atom. The fraction of sp³-hybridized carbons (Fsp3) is 0.423. The highest BCUT2D eigenvalue weighted by atomic mass is 19.1. The Kier molecular flexibility index (Phi) is 7.82. The molecule has 0 amide bonds. The van der Waals surface area contributed by atoms with Crippen LogP contribution in [0.3, 0.4) is 0 Å². The van der Waals surface area contributed by atoms with Gasteiger partial charge in [-0.1, -0.05) is 12.1 Å². The molecule has 0 radical (unpaired) electrons. The number of ether oxygens (including phenoxy) is 2. The summed E-state index contributed by atoms with van der Waals surface area (Å²) >= 11 is 0. The molecule has 2 N–H and O–H groups in total. The number of para-hydroxylation sites is 1. The first-order valence-corrected chi connectivity index (χ1v) is 11.7. The van der Waals surface area contributed by atoms with E-state index in [0.717, 1.165) is 17.5 Å². The Morgan fingerprint density at radius 3 is 3.00 bits per heavy atom. The number of ketones is 1. The first-order chi connectivity index (χ1) is 16.5. The van der Waals surface area contributed by atoms with Gasteiger partial charge in [-0.15, -0.1) is 0 Å². The van der Waals surface area contributed by atoms with E-state index < -0.39 is 18.0 Å². The first kappa shape index (κ1) is 24.2. The summed E-state index contributed by atoms with van der Waals surface area (Å²) in [7, 11) is 0. The summed E-state index contributed by atoms with van der Waals surface area (Å²) in [4.78, 5) is 21.8. The number of aliphatic hydroxyl groups excluding tert-OH is 1. The molecule has 2 aromatic heterocycles. The summed E-state index contributed by atoms with van der Waals surface area (Å²) in [6.45, 7) is 5.56. The minimum Gasteiger partial charge on any atom is -0.478 e. The Balaban J connectivity index is 1.59. The van der Waals surface area contributed by atoms with Gasteiger partial charge in [-0.2, -0.15) is 0 Å². The predicted molar refractivity (Wildman–Crippen MR) is 127 cm³/mol. The smallest absolute Gasteiger partial charge is 0.213 e. The maximum atomic E-state index is 14.7. The average Bonchev–Trinajstić information content (AvgIpc) is 2.84. The number of hydrogen-bond donors (Lipinski definition) is 2. The van der Waals surface area contributed by atoms with Crippen molar-refractivity contribution in [2.24, 2.45) is 5.92 Å². The van der Waals surface area contributed by atoms with Crippen molar-refractivity contribution in [3.8, 4) is 5.88 Å². The average molecular weight is 468 g/mol. The van der Waals surface area contributed by atoms with Gasteiger partial charge in [0.2, 0.25) is 5.88 Å². The Bertz CT molecular complexity index is 1160. The van der Waals surface area contributed by atoms with Crippen LogP contribution in [0.4, 0.5) is 4.39 Å². The largest absolute Gasteiger partial charge is 0.478 e. The molecule has 3 heterocycles. The molecule has 1 saturated heterocycles. The maximum Gasteiger partial charge on any atom is 0.213 e.